The van der Waals surface area contributed by atoms with Gasteiger partial charge in [-0.25, -0.2) is 4.39 Å². The van der Waals surface area contributed by atoms with E-state index in [0.29, 0.717) is 29.5 Å². The van der Waals surface area contributed by atoms with E-state index in [1.54, 1.807) is 43.5 Å². The summed E-state index contributed by atoms with van der Waals surface area (Å²) in [4.78, 5) is 29.6. The first-order valence-electron chi connectivity index (χ1n) is 11.3. The zero-order valence-corrected chi connectivity index (χ0v) is 20.1. The molecular formula is C27H26FN3O3S. The van der Waals surface area contributed by atoms with Gasteiger partial charge in [-0.1, -0.05) is 42.5 Å². The number of benzene rings is 3. The number of amides is 2. The number of halogens is 1. The molecule has 0 bridgehead atoms. The molecule has 35 heavy (non-hydrogen) atoms. The SMILES string of the molecule is COc1ccc(NC(=O)CC2C(=O)N(Cc3ccc(F)cc3)C(=S)N2CCc2ccccc2)cc1. The number of anilines is 1. The van der Waals surface area contributed by atoms with Gasteiger partial charge in [-0.05, 0) is 66.2 Å². The standard InChI is InChI=1S/C27H26FN3O3S/c1-34-23-13-11-22(12-14-23)29-25(32)17-24-26(33)31(18-20-7-9-21(28)10-8-20)27(35)30(24)16-15-19-5-3-2-4-6-19/h2-14,24H,15-18H2,1H3,(H,29,32). The molecule has 0 aromatic heterocycles. The molecule has 180 valence electrons. The third kappa shape index (κ3) is 6.02. The van der Waals surface area contributed by atoms with Gasteiger partial charge in [0, 0.05) is 12.2 Å². The minimum Gasteiger partial charge on any atom is -0.497 e. The smallest absolute Gasteiger partial charge is 0.252 e. The molecule has 6 nitrogen and oxygen atoms in total. The maximum Gasteiger partial charge on any atom is 0.252 e. The molecule has 3 aromatic carbocycles. The Hall–Kier alpha value is -3.78. The van der Waals surface area contributed by atoms with Gasteiger partial charge in [-0.2, -0.15) is 0 Å². The molecule has 1 N–H and O–H groups in total. The highest BCUT2D eigenvalue weighted by Gasteiger charge is 2.43. The van der Waals surface area contributed by atoms with E-state index in [1.807, 2.05) is 35.2 Å². The quantitative estimate of drug-likeness (QED) is 0.450. The predicted molar refractivity (Wildman–Crippen MR) is 136 cm³/mol. The molecule has 1 fully saturated rings. The fourth-order valence-corrected chi connectivity index (χ4v) is 4.39. The first-order valence-corrected chi connectivity index (χ1v) is 11.7. The molecule has 3 aromatic rings. The number of ether oxygens (including phenoxy) is 1. The normalized spacial score (nSPS) is 15.4. The molecule has 0 aliphatic carbocycles. The summed E-state index contributed by atoms with van der Waals surface area (Å²) in [6, 6.07) is 22.1. The van der Waals surface area contributed by atoms with E-state index in [-0.39, 0.29) is 30.6 Å². The number of hydrogen-bond donors (Lipinski definition) is 1. The number of carbonyl (C=O) groups is 2. The maximum absolute atomic E-state index is 13.4. The van der Waals surface area contributed by atoms with Crippen LogP contribution in [0.15, 0.2) is 78.9 Å². The van der Waals surface area contributed by atoms with Gasteiger partial charge in [0.25, 0.3) is 5.91 Å². The average molecular weight is 492 g/mol. The Morgan fingerprint density at radius 1 is 1.00 bits per heavy atom. The molecule has 2 amide bonds. The van der Waals surface area contributed by atoms with Crippen LogP contribution in [0.5, 0.6) is 5.75 Å². The molecule has 1 atom stereocenters. The van der Waals surface area contributed by atoms with Crippen LogP contribution < -0.4 is 10.1 Å². The van der Waals surface area contributed by atoms with E-state index in [1.165, 1.54) is 17.0 Å². The van der Waals surface area contributed by atoms with Crippen LogP contribution in [0.25, 0.3) is 0 Å². The lowest BCUT2D eigenvalue weighted by Crippen LogP contribution is -2.39. The summed E-state index contributed by atoms with van der Waals surface area (Å²) in [5.74, 6) is -0.189. The molecular weight excluding hydrogens is 465 g/mol. The monoisotopic (exact) mass is 491 g/mol. The van der Waals surface area contributed by atoms with Crippen LogP contribution >= 0.6 is 12.2 Å². The molecule has 4 rings (SSSR count). The maximum atomic E-state index is 13.4. The van der Waals surface area contributed by atoms with E-state index in [0.717, 1.165) is 11.1 Å². The van der Waals surface area contributed by atoms with Crippen LogP contribution in [0.4, 0.5) is 10.1 Å². The van der Waals surface area contributed by atoms with Crippen molar-refractivity contribution in [3.63, 3.8) is 0 Å². The van der Waals surface area contributed by atoms with E-state index >= 15 is 0 Å². The van der Waals surface area contributed by atoms with Crippen molar-refractivity contribution in [3.8, 4) is 5.75 Å². The molecule has 1 heterocycles. The van der Waals surface area contributed by atoms with Crippen molar-refractivity contribution in [3.05, 3.63) is 95.8 Å². The van der Waals surface area contributed by atoms with Gasteiger partial charge in [-0.3, -0.25) is 14.5 Å². The van der Waals surface area contributed by atoms with Crippen LogP contribution in [-0.2, 0) is 22.6 Å². The second-order valence-corrected chi connectivity index (χ2v) is 8.62. The fraction of sp³-hybridized carbons (Fsp3) is 0.222. The minimum absolute atomic E-state index is 0.0420. The van der Waals surface area contributed by atoms with Crippen LogP contribution in [-0.4, -0.2) is 46.4 Å². The van der Waals surface area contributed by atoms with E-state index in [2.05, 4.69) is 5.32 Å². The lowest BCUT2D eigenvalue weighted by atomic mass is 10.1. The summed E-state index contributed by atoms with van der Waals surface area (Å²) < 4.78 is 18.5. The third-order valence-electron chi connectivity index (χ3n) is 5.89. The zero-order chi connectivity index (χ0) is 24.8. The number of hydrogen-bond acceptors (Lipinski definition) is 4. The molecule has 0 radical (unpaired) electrons. The summed E-state index contributed by atoms with van der Waals surface area (Å²) >= 11 is 5.68. The second kappa shape index (κ2) is 11.1. The van der Waals surface area contributed by atoms with E-state index in [4.69, 9.17) is 17.0 Å². The Labute approximate surface area is 209 Å². The number of rotatable bonds is 9. The van der Waals surface area contributed by atoms with Crippen LogP contribution in [0.1, 0.15) is 17.5 Å². The van der Waals surface area contributed by atoms with E-state index in [9.17, 15) is 14.0 Å². The first-order chi connectivity index (χ1) is 16.9. The zero-order valence-electron chi connectivity index (χ0n) is 19.3. The minimum atomic E-state index is -0.718. The van der Waals surface area contributed by atoms with Crippen molar-refractivity contribution in [2.45, 2.75) is 25.4 Å². The summed E-state index contributed by atoms with van der Waals surface area (Å²) in [5.41, 5.74) is 2.48. The average Bonchev–Trinajstić information content (AvgIpc) is 3.08. The highest BCUT2D eigenvalue weighted by atomic mass is 32.1. The lowest BCUT2D eigenvalue weighted by molar-refractivity contribution is -0.131. The first kappa shape index (κ1) is 24.3. The van der Waals surface area contributed by atoms with Gasteiger partial charge in [0.05, 0.1) is 20.1 Å². The molecule has 0 spiro atoms. The third-order valence-corrected chi connectivity index (χ3v) is 6.35. The highest BCUT2D eigenvalue weighted by molar-refractivity contribution is 7.80. The summed E-state index contributed by atoms with van der Waals surface area (Å²) in [5, 5.41) is 3.22. The molecule has 8 heteroatoms. The number of nitrogens with zero attached hydrogens (tertiary/aromatic N) is 2. The van der Waals surface area contributed by atoms with Crippen molar-refractivity contribution in [1.29, 1.82) is 0 Å². The Morgan fingerprint density at radius 2 is 1.69 bits per heavy atom. The Balaban J connectivity index is 1.50. The topological polar surface area (TPSA) is 61.9 Å². The van der Waals surface area contributed by atoms with Gasteiger partial charge >= 0.3 is 0 Å². The van der Waals surface area contributed by atoms with Crippen molar-refractivity contribution in [2.24, 2.45) is 0 Å². The Bertz CT molecular complexity index is 1190. The molecule has 1 saturated heterocycles. The van der Waals surface area contributed by atoms with Crippen molar-refractivity contribution in [2.75, 3.05) is 19.0 Å². The van der Waals surface area contributed by atoms with Gasteiger partial charge in [0.15, 0.2) is 5.11 Å². The molecule has 1 aliphatic heterocycles. The van der Waals surface area contributed by atoms with Crippen molar-refractivity contribution in [1.82, 2.24) is 9.80 Å². The highest BCUT2D eigenvalue weighted by Crippen LogP contribution is 2.24. The van der Waals surface area contributed by atoms with Crippen molar-refractivity contribution < 1.29 is 18.7 Å². The Morgan fingerprint density at radius 3 is 2.34 bits per heavy atom. The molecule has 0 saturated carbocycles. The number of thiocarbonyl (C=S) groups is 1. The van der Waals surface area contributed by atoms with Gasteiger partial charge in [0.1, 0.15) is 17.6 Å². The summed E-state index contributed by atoms with van der Waals surface area (Å²) in [6.07, 6.45) is 0.634. The lowest BCUT2D eigenvalue weighted by Gasteiger charge is -2.24. The fourth-order valence-electron chi connectivity index (χ4n) is 4.02. The van der Waals surface area contributed by atoms with Gasteiger partial charge in [0.2, 0.25) is 5.91 Å². The summed E-state index contributed by atoms with van der Waals surface area (Å²) in [6.45, 7) is 0.714. The van der Waals surface area contributed by atoms with Crippen LogP contribution in [0.3, 0.4) is 0 Å². The van der Waals surface area contributed by atoms with Crippen LogP contribution in [0, 0.1) is 5.82 Å². The van der Waals surface area contributed by atoms with Gasteiger partial charge in [-0.15, -0.1) is 0 Å². The number of carbonyl (C=O) groups excluding carboxylic acids is 2. The van der Waals surface area contributed by atoms with Crippen LogP contribution in [0.2, 0.25) is 0 Å². The van der Waals surface area contributed by atoms with Crippen molar-refractivity contribution >= 4 is 34.8 Å². The second-order valence-electron chi connectivity index (χ2n) is 8.26. The predicted octanol–water partition coefficient (Wildman–Crippen LogP) is 4.40. The number of methoxy groups -OCH3 is 1. The largest absolute Gasteiger partial charge is 0.497 e. The molecule has 1 unspecified atom stereocenters. The molecule has 1 aliphatic rings. The van der Waals surface area contributed by atoms with E-state index < -0.39 is 6.04 Å². The Kier molecular flexibility index (Phi) is 7.72. The van der Waals surface area contributed by atoms with Gasteiger partial charge < -0.3 is 15.0 Å². The summed E-state index contributed by atoms with van der Waals surface area (Å²) in [7, 11) is 1.57. The number of nitrogens with one attached hydrogen (secondary N) is 1.